The summed E-state index contributed by atoms with van der Waals surface area (Å²) in [4.78, 5) is 8.30. The maximum Gasteiger partial charge on any atom is 0.137 e. The summed E-state index contributed by atoms with van der Waals surface area (Å²) in [6.45, 7) is 0.619. The number of hydrogen-bond acceptors (Lipinski definition) is 3. The van der Waals surface area contributed by atoms with Gasteiger partial charge in [-0.2, -0.15) is 5.10 Å². The highest BCUT2D eigenvalue weighted by atomic mass is 35.5. The van der Waals surface area contributed by atoms with Gasteiger partial charge in [0.05, 0.1) is 12.1 Å². The van der Waals surface area contributed by atoms with Crippen molar-refractivity contribution in [3.63, 3.8) is 0 Å². The van der Waals surface area contributed by atoms with Gasteiger partial charge in [-0.3, -0.25) is 4.98 Å². The Balaban J connectivity index is 2.14. The second kappa shape index (κ2) is 4.14. The first kappa shape index (κ1) is 10.2. The molecule has 0 N–H and O–H groups in total. The lowest BCUT2D eigenvalue weighted by Gasteiger charge is -2.06. The highest BCUT2D eigenvalue weighted by Crippen LogP contribution is 2.22. The van der Waals surface area contributed by atoms with Gasteiger partial charge in [0.15, 0.2) is 0 Å². The monoisotopic (exact) mass is 244 g/mol. The molecule has 0 amide bonds. The first-order valence-electron chi connectivity index (χ1n) is 5.18. The Morgan fingerprint density at radius 1 is 1.29 bits per heavy atom. The molecule has 0 aliphatic heterocycles. The smallest absolute Gasteiger partial charge is 0.137 e. The predicted molar refractivity (Wildman–Crippen MR) is 65.9 cm³/mol. The predicted octanol–water partition coefficient (Wildman–Crippen LogP) is 2.53. The van der Waals surface area contributed by atoms with Gasteiger partial charge in [-0.1, -0.05) is 17.7 Å². The molecule has 0 saturated heterocycles. The molecule has 0 aliphatic rings. The molecule has 0 spiro atoms. The highest BCUT2D eigenvalue weighted by molar-refractivity contribution is 6.31. The standard InChI is InChI=1S/C12H9ClN4/c13-11-4-9-2-1-3-15-12(9)10(5-11)6-17-8-14-7-16-17/h1-5,7-8H,6H2. The molecule has 4 nitrogen and oxygen atoms in total. The van der Waals surface area contributed by atoms with Crippen molar-refractivity contribution in [2.75, 3.05) is 0 Å². The molecule has 0 saturated carbocycles. The molecule has 17 heavy (non-hydrogen) atoms. The molecular weight excluding hydrogens is 236 g/mol. The fourth-order valence-electron chi connectivity index (χ4n) is 1.84. The maximum absolute atomic E-state index is 6.09. The van der Waals surface area contributed by atoms with Gasteiger partial charge in [-0.05, 0) is 18.2 Å². The largest absolute Gasteiger partial charge is 0.256 e. The van der Waals surface area contributed by atoms with E-state index in [0.29, 0.717) is 11.6 Å². The zero-order valence-electron chi connectivity index (χ0n) is 8.92. The van der Waals surface area contributed by atoms with Gasteiger partial charge in [0.1, 0.15) is 12.7 Å². The number of benzene rings is 1. The van der Waals surface area contributed by atoms with Crippen LogP contribution in [0, 0.1) is 0 Å². The third-order valence-corrected chi connectivity index (χ3v) is 2.77. The van der Waals surface area contributed by atoms with Crippen LogP contribution < -0.4 is 0 Å². The third-order valence-electron chi connectivity index (χ3n) is 2.55. The molecule has 3 aromatic rings. The Labute approximate surface area is 103 Å². The lowest BCUT2D eigenvalue weighted by atomic mass is 10.1. The van der Waals surface area contributed by atoms with E-state index in [1.165, 1.54) is 6.33 Å². The Bertz CT molecular complexity index is 649. The summed E-state index contributed by atoms with van der Waals surface area (Å²) < 4.78 is 1.75. The van der Waals surface area contributed by atoms with Crippen molar-refractivity contribution in [2.24, 2.45) is 0 Å². The highest BCUT2D eigenvalue weighted by Gasteiger charge is 2.05. The number of rotatable bonds is 2. The van der Waals surface area contributed by atoms with Crippen LogP contribution in [0.4, 0.5) is 0 Å². The molecule has 1 aromatic carbocycles. The summed E-state index contributed by atoms with van der Waals surface area (Å²) in [5.41, 5.74) is 1.99. The lowest BCUT2D eigenvalue weighted by molar-refractivity contribution is 0.687. The summed E-state index contributed by atoms with van der Waals surface area (Å²) in [6.07, 6.45) is 4.97. The van der Waals surface area contributed by atoms with Crippen LogP contribution in [0.1, 0.15) is 5.56 Å². The van der Waals surface area contributed by atoms with Gasteiger partial charge in [0, 0.05) is 22.2 Å². The quantitative estimate of drug-likeness (QED) is 0.696. The van der Waals surface area contributed by atoms with Crippen LogP contribution in [-0.4, -0.2) is 19.7 Å². The van der Waals surface area contributed by atoms with Crippen molar-refractivity contribution in [1.29, 1.82) is 0 Å². The van der Waals surface area contributed by atoms with Crippen molar-refractivity contribution in [3.05, 3.63) is 53.7 Å². The Hall–Kier alpha value is -1.94. The maximum atomic E-state index is 6.09. The Kier molecular flexibility index (Phi) is 2.49. The van der Waals surface area contributed by atoms with E-state index in [-0.39, 0.29) is 0 Å². The van der Waals surface area contributed by atoms with Crippen LogP contribution in [0.5, 0.6) is 0 Å². The number of nitrogens with zero attached hydrogens (tertiary/aromatic N) is 4. The van der Waals surface area contributed by atoms with Crippen LogP contribution in [0.2, 0.25) is 5.02 Å². The van der Waals surface area contributed by atoms with Gasteiger partial charge in [-0.25, -0.2) is 9.67 Å². The summed E-state index contributed by atoms with van der Waals surface area (Å²) in [5.74, 6) is 0. The fourth-order valence-corrected chi connectivity index (χ4v) is 2.09. The van der Waals surface area contributed by atoms with E-state index in [2.05, 4.69) is 15.1 Å². The molecule has 0 unspecified atom stereocenters. The second-order valence-corrected chi connectivity index (χ2v) is 4.17. The van der Waals surface area contributed by atoms with E-state index in [1.807, 2.05) is 24.3 Å². The molecule has 0 aliphatic carbocycles. The zero-order chi connectivity index (χ0) is 11.7. The van der Waals surface area contributed by atoms with E-state index in [0.717, 1.165) is 16.5 Å². The average Bonchev–Trinajstić information content (AvgIpc) is 2.81. The number of pyridine rings is 1. The molecule has 2 aromatic heterocycles. The topological polar surface area (TPSA) is 43.6 Å². The molecule has 2 heterocycles. The molecule has 5 heteroatoms. The Morgan fingerprint density at radius 3 is 3.06 bits per heavy atom. The van der Waals surface area contributed by atoms with Gasteiger partial charge >= 0.3 is 0 Å². The van der Waals surface area contributed by atoms with Crippen molar-refractivity contribution in [2.45, 2.75) is 6.54 Å². The molecule has 0 atom stereocenters. The van der Waals surface area contributed by atoms with Crippen molar-refractivity contribution in [3.8, 4) is 0 Å². The molecular formula is C12H9ClN4. The summed E-state index contributed by atoms with van der Waals surface area (Å²) >= 11 is 6.09. The molecule has 0 radical (unpaired) electrons. The third kappa shape index (κ3) is 1.99. The summed E-state index contributed by atoms with van der Waals surface area (Å²) in [7, 11) is 0. The Morgan fingerprint density at radius 2 is 2.24 bits per heavy atom. The zero-order valence-corrected chi connectivity index (χ0v) is 9.67. The van der Waals surface area contributed by atoms with Crippen LogP contribution in [0.15, 0.2) is 43.1 Å². The normalized spacial score (nSPS) is 10.9. The van der Waals surface area contributed by atoms with Crippen molar-refractivity contribution in [1.82, 2.24) is 19.7 Å². The van der Waals surface area contributed by atoms with Crippen LogP contribution in [0.25, 0.3) is 10.9 Å². The minimum atomic E-state index is 0.619. The lowest BCUT2D eigenvalue weighted by Crippen LogP contribution is -2.01. The van der Waals surface area contributed by atoms with Crippen molar-refractivity contribution < 1.29 is 0 Å². The minimum Gasteiger partial charge on any atom is -0.256 e. The van der Waals surface area contributed by atoms with E-state index >= 15 is 0 Å². The second-order valence-electron chi connectivity index (χ2n) is 3.73. The summed E-state index contributed by atoms with van der Waals surface area (Å²) in [5, 5.41) is 5.83. The first-order valence-corrected chi connectivity index (χ1v) is 5.56. The number of hydrogen-bond donors (Lipinski definition) is 0. The first-order chi connectivity index (χ1) is 8.33. The number of aromatic nitrogens is 4. The number of halogens is 1. The van der Waals surface area contributed by atoms with E-state index in [1.54, 1.807) is 17.2 Å². The molecule has 84 valence electrons. The van der Waals surface area contributed by atoms with Crippen LogP contribution in [0.3, 0.4) is 0 Å². The van der Waals surface area contributed by atoms with E-state index in [9.17, 15) is 0 Å². The van der Waals surface area contributed by atoms with E-state index in [4.69, 9.17) is 11.6 Å². The van der Waals surface area contributed by atoms with Gasteiger partial charge in [0.25, 0.3) is 0 Å². The number of fused-ring (bicyclic) bond motifs is 1. The van der Waals surface area contributed by atoms with Gasteiger partial charge in [0.2, 0.25) is 0 Å². The van der Waals surface area contributed by atoms with Crippen molar-refractivity contribution >= 4 is 22.5 Å². The fraction of sp³-hybridized carbons (Fsp3) is 0.0833. The minimum absolute atomic E-state index is 0.619. The van der Waals surface area contributed by atoms with Crippen LogP contribution in [-0.2, 0) is 6.54 Å². The van der Waals surface area contributed by atoms with E-state index < -0.39 is 0 Å². The van der Waals surface area contributed by atoms with Gasteiger partial charge < -0.3 is 0 Å². The molecule has 0 fully saturated rings. The molecule has 3 rings (SSSR count). The van der Waals surface area contributed by atoms with Crippen LogP contribution >= 0.6 is 11.6 Å². The molecule has 0 bridgehead atoms. The summed E-state index contributed by atoms with van der Waals surface area (Å²) in [6, 6.07) is 7.73. The van der Waals surface area contributed by atoms with Gasteiger partial charge in [-0.15, -0.1) is 0 Å². The average molecular weight is 245 g/mol. The SMILES string of the molecule is Clc1cc(Cn2cncn2)c2ncccc2c1.